The Morgan fingerprint density at radius 2 is 1.70 bits per heavy atom. The number of morpholine rings is 1. The highest BCUT2D eigenvalue weighted by Crippen LogP contribution is 2.43. The summed E-state index contributed by atoms with van der Waals surface area (Å²) in [4.78, 5) is 33.6. The van der Waals surface area contributed by atoms with Crippen LogP contribution in [-0.2, 0) is 11.3 Å². The predicted molar refractivity (Wildman–Crippen MR) is 175 cm³/mol. The molecule has 12 heteroatoms. The van der Waals surface area contributed by atoms with Gasteiger partial charge in [-0.05, 0) is 58.0 Å². The van der Waals surface area contributed by atoms with E-state index in [0.717, 1.165) is 25.5 Å². The van der Waals surface area contributed by atoms with E-state index in [-0.39, 0.29) is 59.2 Å². The Kier molecular flexibility index (Phi) is 8.26. The SMILES string of the molecule is C[C@@H]1CN(c2cc(F)c(C(=O)N3COc4c(cccc4-c4cc(N5C6CCC5COC6)c(C(=O)O)cc4F)C3)c(Cl)c2)[C@H](C)CN1C. The molecule has 3 fully saturated rings. The number of hydrogen-bond donors (Lipinski definition) is 1. The van der Waals surface area contributed by atoms with Crippen LogP contribution in [0, 0.1) is 11.6 Å². The first-order chi connectivity index (χ1) is 22.5. The average Bonchev–Trinajstić information content (AvgIpc) is 3.28. The van der Waals surface area contributed by atoms with Crippen molar-refractivity contribution in [2.24, 2.45) is 0 Å². The number of carbonyl (C=O) groups is 2. The first kappa shape index (κ1) is 31.7. The fraction of sp³-hybridized carbons (Fsp3) is 0.429. The highest BCUT2D eigenvalue weighted by Gasteiger charge is 2.40. The van der Waals surface area contributed by atoms with Gasteiger partial charge in [0.2, 0.25) is 0 Å². The van der Waals surface area contributed by atoms with E-state index in [1.165, 1.54) is 11.0 Å². The predicted octanol–water partition coefficient (Wildman–Crippen LogP) is 5.87. The Balaban J connectivity index is 1.17. The quantitative estimate of drug-likeness (QED) is 0.362. The molecule has 0 radical (unpaired) electrons. The van der Waals surface area contributed by atoms with Gasteiger partial charge in [0.1, 0.15) is 17.4 Å². The maximum Gasteiger partial charge on any atom is 0.337 e. The molecule has 0 aliphatic carbocycles. The van der Waals surface area contributed by atoms with Gasteiger partial charge in [0.15, 0.2) is 6.73 Å². The zero-order valence-electron chi connectivity index (χ0n) is 26.5. The highest BCUT2D eigenvalue weighted by atomic mass is 35.5. The van der Waals surface area contributed by atoms with Gasteiger partial charge in [-0.2, -0.15) is 0 Å². The summed E-state index contributed by atoms with van der Waals surface area (Å²) in [6.45, 7) is 6.55. The van der Waals surface area contributed by atoms with Gasteiger partial charge < -0.3 is 29.3 Å². The van der Waals surface area contributed by atoms with Crippen LogP contribution in [0.2, 0.25) is 5.02 Å². The number of benzene rings is 3. The number of para-hydroxylation sites is 1. The lowest BCUT2D eigenvalue weighted by Gasteiger charge is -2.44. The van der Waals surface area contributed by atoms with E-state index in [9.17, 15) is 14.7 Å². The topological polar surface area (TPSA) is 85.8 Å². The maximum absolute atomic E-state index is 15.7. The third-order valence-corrected chi connectivity index (χ3v) is 10.4. The molecule has 7 rings (SSSR count). The molecule has 0 spiro atoms. The number of carboxylic acid groups (broad SMARTS) is 1. The van der Waals surface area contributed by atoms with Crippen LogP contribution in [0.1, 0.15) is 53.0 Å². The van der Waals surface area contributed by atoms with Crippen molar-refractivity contribution in [3.05, 3.63) is 75.8 Å². The van der Waals surface area contributed by atoms with Crippen LogP contribution in [0.25, 0.3) is 11.1 Å². The lowest BCUT2D eigenvalue weighted by atomic mass is 9.96. The molecule has 1 N–H and O–H groups in total. The standard InChI is InChI=1S/C35H37ClF2N4O5/c1-19-14-41(20(2)13-39(19)3)24-9-28(36)32(30(38)10-24)34(43)40-15-21-5-4-6-25(33(21)47-18-40)26-12-31(27(35(44)45)11-29(26)37)42-22-7-8-23(42)17-46-16-22/h4-6,9-12,19-20,22-23H,7-8,13-18H2,1-3H3,(H,44,45)/t19-,20-,22?,23?/m1/s1. The van der Waals surface area contributed by atoms with Crippen LogP contribution < -0.4 is 14.5 Å². The minimum absolute atomic E-state index is 0.0143. The molecule has 248 valence electrons. The molecule has 4 heterocycles. The molecule has 0 saturated carbocycles. The van der Waals surface area contributed by atoms with Crippen molar-refractivity contribution in [2.75, 3.05) is 49.9 Å². The van der Waals surface area contributed by atoms with Crippen molar-refractivity contribution < 1.29 is 33.0 Å². The van der Waals surface area contributed by atoms with Gasteiger partial charge in [0.25, 0.3) is 5.91 Å². The molecular weight excluding hydrogens is 630 g/mol. The number of hydrogen-bond acceptors (Lipinski definition) is 7. The summed E-state index contributed by atoms with van der Waals surface area (Å²) in [6, 6.07) is 11.3. The molecule has 4 atom stereocenters. The summed E-state index contributed by atoms with van der Waals surface area (Å²) in [5.41, 5.74) is 1.98. The molecule has 3 saturated heterocycles. The van der Waals surface area contributed by atoms with Crippen molar-refractivity contribution in [1.82, 2.24) is 9.80 Å². The Morgan fingerprint density at radius 1 is 0.957 bits per heavy atom. The van der Waals surface area contributed by atoms with Gasteiger partial charge in [0, 0.05) is 47.6 Å². The molecular formula is C35H37ClF2N4O5. The molecule has 4 aliphatic heterocycles. The number of nitrogens with zero attached hydrogens (tertiary/aromatic N) is 4. The van der Waals surface area contributed by atoms with Crippen molar-refractivity contribution in [2.45, 2.75) is 57.4 Å². The van der Waals surface area contributed by atoms with Gasteiger partial charge in [-0.3, -0.25) is 9.69 Å². The lowest BCUT2D eigenvalue weighted by Crippen LogP contribution is -2.55. The summed E-state index contributed by atoms with van der Waals surface area (Å²) in [7, 11) is 2.06. The number of ether oxygens (including phenoxy) is 2. The molecule has 3 aromatic carbocycles. The first-order valence-corrected chi connectivity index (χ1v) is 16.3. The van der Waals surface area contributed by atoms with E-state index in [2.05, 4.69) is 35.6 Å². The smallest absolute Gasteiger partial charge is 0.337 e. The Labute approximate surface area is 277 Å². The molecule has 4 aliphatic rings. The second-order valence-corrected chi connectivity index (χ2v) is 13.5. The highest BCUT2D eigenvalue weighted by molar-refractivity contribution is 6.34. The summed E-state index contributed by atoms with van der Waals surface area (Å²) in [5, 5.41) is 9.99. The van der Waals surface area contributed by atoms with Crippen molar-refractivity contribution in [3.63, 3.8) is 0 Å². The average molecular weight is 667 g/mol. The zero-order valence-corrected chi connectivity index (χ0v) is 27.3. The van der Waals surface area contributed by atoms with Gasteiger partial charge >= 0.3 is 5.97 Å². The Bertz CT molecular complexity index is 1720. The molecule has 47 heavy (non-hydrogen) atoms. The second-order valence-electron chi connectivity index (χ2n) is 13.1. The third kappa shape index (κ3) is 5.58. The van der Waals surface area contributed by atoms with E-state index in [4.69, 9.17) is 21.1 Å². The van der Waals surface area contributed by atoms with Crippen LogP contribution in [0.4, 0.5) is 20.2 Å². The Morgan fingerprint density at radius 3 is 2.40 bits per heavy atom. The Hall–Kier alpha value is -3.93. The van der Waals surface area contributed by atoms with Gasteiger partial charge in [0.05, 0.1) is 53.7 Å². The first-order valence-electron chi connectivity index (χ1n) is 15.9. The largest absolute Gasteiger partial charge is 0.478 e. The number of fused-ring (bicyclic) bond motifs is 3. The van der Waals surface area contributed by atoms with Crippen LogP contribution in [-0.4, -0.2) is 91.0 Å². The monoisotopic (exact) mass is 666 g/mol. The van der Waals surface area contributed by atoms with Gasteiger partial charge in [-0.15, -0.1) is 0 Å². The van der Waals surface area contributed by atoms with Crippen LogP contribution in [0.15, 0.2) is 42.5 Å². The zero-order chi connectivity index (χ0) is 33.1. The van der Waals surface area contributed by atoms with E-state index in [1.54, 1.807) is 30.3 Å². The maximum atomic E-state index is 15.7. The number of anilines is 2. The number of carbonyl (C=O) groups excluding carboxylic acids is 1. The summed E-state index contributed by atoms with van der Waals surface area (Å²) < 4.78 is 43.1. The molecule has 3 aromatic rings. The number of rotatable bonds is 5. The second kappa shape index (κ2) is 12.3. The lowest BCUT2D eigenvalue weighted by molar-refractivity contribution is 0.0511. The number of carboxylic acids is 1. The molecule has 2 bridgehead atoms. The van der Waals surface area contributed by atoms with E-state index >= 15 is 8.78 Å². The van der Waals surface area contributed by atoms with E-state index in [0.29, 0.717) is 48.0 Å². The number of halogens is 3. The normalized spacial score (nSPS) is 24.3. The van der Waals surface area contributed by atoms with Crippen LogP contribution in [0.5, 0.6) is 5.75 Å². The molecule has 2 unspecified atom stereocenters. The van der Waals surface area contributed by atoms with Crippen molar-refractivity contribution in [1.29, 1.82) is 0 Å². The minimum Gasteiger partial charge on any atom is -0.478 e. The number of piperazine rings is 1. The molecule has 9 nitrogen and oxygen atoms in total. The van der Waals surface area contributed by atoms with Crippen molar-refractivity contribution in [3.8, 4) is 16.9 Å². The van der Waals surface area contributed by atoms with Gasteiger partial charge in [-0.25, -0.2) is 13.6 Å². The number of likely N-dealkylation sites (N-methyl/N-ethyl adjacent to an activating group) is 1. The summed E-state index contributed by atoms with van der Waals surface area (Å²) in [6.07, 6.45) is 1.73. The van der Waals surface area contributed by atoms with Crippen LogP contribution in [0.3, 0.4) is 0 Å². The van der Waals surface area contributed by atoms with E-state index in [1.807, 2.05) is 0 Å². The van der Waals surface area contributed by atoms with E-state index < -0.39 is 23.5 Å². The van der Waals surface area contributed by atoms with Gasteiger partial charge in [-0.1, -0.05) is 29.8 Å². The summed E-state index contributed by atoms with van der Waals surface area (Å²) in [5.74, 6) is -2.84. The van der Waals surface area contributed by atoms with Crippen molar-refractivity contribution >= 4 is 34.9 Å². The fourth-order valence-electron chi connectivity index (χ4n) is 7.54. The molecule has 0 aromatic heterocycles. The number of aromatic carboxylic acids is 1. The summed E-state index contributed by atoms with van der Waals surface area (Å²) >= 11 is 6.58. The molecule has 1 amide bonds. The minimum atomic E-state index is -1.21. The third-order valence-electron chi connectivity index (χ3n) is 10.1. The van der Waals surface area contributed by atoms with Crippen LogP contribution >= 0.6 is 11.6 Å². The number of amides is 1. The fourth-order valence-corrected chi connectivity index (χ4v) is 7.82.